The molecule has 1 aliphatic heterocycles. The summed E-state index contributed by atoms with van der Waals surface area (Å²) in [7, 11) is 1.55. The molecule has 1 unspecified atom stereocenters. The molecule has 1 saturated heterocycles. The number of nitro groups is 1. The molecule has 0 bridgehead atoms. The van der Waals surface area contributed by atoms with Gasteiger partial charge >= 0.3 is 0 Å². The van der Waals surface area contributed by atoms with E-state index in [1.807, 2.05) is 0 Å². The predicted molar refractivity (Wildman–Crippen MR) is 120 cm³/mol. The molecule has 1 aliphatic rings. The number of methoxy groups -OCH3 is 1. The first kappa shape index (κ1) is 21.5. The molecule has 0 spiro atoms. The molecule has 31 heavy (non-hydrogen) atoms. The van der Waals surface area contributed by atoms with Crippen molar-refractivity contribution < 1.29 is 19.2 Å². The number of ether oxygens (including phenoxy) is 2. The van der Waals surface area contributed by atoms with Crippen molar-refractivity contribution in [3.05, 3.63) is 56.6 Å². The van der Waals surface area contributed by atoms with Crippen LogP contribution in [0.5, 0.6) is 5.75 Å². The number of rotatable bonds is 6. The lowest BCUT2D eigenvalue weighted by Gasteiger charge is -2.23. The Morgan fingerprint density at radius 3 is 2.90 bits per heavy atom. The summed E-state index contributed by atoms with van der Waals surface area (Å²) in [6.45, 7) is 2.51. The van der Waals surface area contributed by atoms with E-state index >= 15 is 0 Å². The molecule has 2 heterocycles. The van der Waals surface area contributed by atoms with E-state index < -0.39 is 4.92 Å². The first-order valence-corrected chi connectivity index (χ1v) is 10.9. The standard InChI is InChI=1S/C21H20ClN3O5S/c1-12-14(6-3-7-16(12)25(27)28)20(26)24(11-13-5-4-10-30-13)21-23-18-17(29-2)9-8-15(22)19(18)31-21/h3,6-9,13H,4-5,10-11H2,1-2H3. The second kappa shape index (κ2) is 8.78. The van der Waals surface area contributed by atoms with Gasteiger partial charge in [-0.3, -0.25) is 19.8 Å². The minimum Gasteiger partial charge on any atom is -0.494 e. The van der Waals surface area contributed by atoms with Crippen LogP contribution in [-0.4, -0.2) is 42.2 Å². The minimum atomic E-state index is -0.487. The van der Waals surface area contributed by atoms with Crippen LogP contribution in [0.15, 0.2) is 30.3 Å². The molecule has 162 valence electrons. The number of anilines is 1. The smallest absolute Gasteiger partial charge is 0.273 e. The number of halogens is 1. The highest BCUT2D eigenvalue weighted by Gasteiger charge is 2.30. The van der Waals surface area contributed by atoms with Crippen molar-refractivity contribution in [3.63, 3.8) is 0 Å². The van der Waals surface area contributed by atoms with Gasteiger partial charge in [0.15, 0.2) is 5.13 Å². The summed E-state index contributed by atoms with van der Waals surface area (Å²) >= 11 is 7.64. The van der Waals surface area contributed by atoms with Crippen LogP contribution in [0.1, 0.15) is 28.8 Å². The summed E-state index contributed by atoms with van der Waals surface area (Å²) in [4.78, 5) is 30.6. The molecular formula is C21H20ClN3O5S. The summed E-state index contributed by atoms with van der Waals surface area (Å²) < 4.78 is 11.9. The number of fused-ring (bicyclic) bond motifs is 1. The van der Waals surface area contributed by atoms with E-state index in [2.05, 4.69) is 4.98 Å². The summed E-state index contributed by atoms with van der Waals surface area (Å²) in [5, 5.41) is 12.3. The van der Waals surface area contributed by atoms with Crippen molar-refractivity contribution in [2.24, 2.45) is 0 Å². The summed E-state index contributed by atoms with van der Waals surface area (Å²) in [5.41, 5.74) is 1.03. The topological polar surface area (TPSA) is 94.8 Å². The van der Waals surface area contributed by atoms with Gasteiger partial charge in [0.1, 0.15) is 11.3 Å². The Morgan fingerprint density at radius 2 is 2.23 bits per heavy atom. The van der Waals surface area contributed by atoms with Gasteiger partial charge in [0, 0.05) is 23.8 Å². The number of hydrogen-bond acceptors (Lipinski definition) is 7. The Kier molecular flexibility index (Phi) is 6.08. The molecule has 3 aromatic rings. The van der Waals surface area contributed by atoms with Crippen LogP contribution in [0.4, 0.5) is 10.8 Å². The van der Waals surface area contributed by atoms with Gasteiger partial charge < -0.3 is 9.47 Å². The number of benzene rings is 2. The molecule has 1 amide bonds. The maximum atomic E-state index is 13.6. The van der Waals surface area contributed by atoms with E-state index in [-0.39, 0.29) is 23.3 Å². The van der Waals surface area contributed by atoms with Crippen LogP contribution < -0.4 is 9.64 Å². The zero-order valence-electron chi connectivity index (χ0n) is 17.0. The molecule has 1 fully saturated rings. The third-order valence-electron chi connectivity index (χ3n) is 5.29. The minimum absolute atomic E-state index is 0.100. The highest BCUT2D eigenvalue weighted by molar-refractivity contribution is 7.23. The van der Waals surface area contributed by atoms with E-state index in [4.69, 9.17) is 21.1 Å². The summed E-state index contributed by atoms with van der Waals surface area (Å²) in [6.07, 6.45) is 1.61. The van der Waals surface area contributed by atoms with Gasteiger partial charge in [0.2, 0.25) is 0 Å². The van der Waals surface area contributed by atoms with Gasteiger partial charge in [-0.25, -0.2) is 4.98 Å². The second-order valence-corrected chi connectivity index (χ2v) is 8.57. The van der Waals surface area contributed by atoms with Crippen LogP contribution in [0.2, 0.25) is 5.02 Å². The molecule has 2 aromatic carbocycles. The lowest BCUT2D eigenvalue weighted by molar-refractivity contribution is -0.385. The first-order valence-electron chi connectivity index (χ1n) is 9.71. The largest absolute Gasteiger partial charge is 0.494 e. The summed E-state index contributed by atoms with van der Waals surface area (Å²) in [5.74, 6) is 0.184. The number of nitrogens with zero attached hydrogens (tertiary/aromatic N) is 3. The Morgan fingerprint density at radius 1 is 1.42 bits per heavy atom. The molecular weight excluding hydrogens is 442 g/mol. The number of aromatic nitrogens is 1. The van der Waals surface area contributed by atoms with Crippen molar-refractivity contribution in [1.29, 1.82) is 0 Å². The third-order valence-corrected chi connectivity index (χ3v) is 6.82. The number of carbonyl (C=O) groups excluding carboxylic acids is 1. The number of hydrogen-bond donors (Lipinski definition) is 0. The van der Waals surface area contributed by atoms with Gasteiger partial charge in [-0.05, 0) is 38.0 Å². The highest BCUT2D eigenvalue weighted by atomic mass is 35.5. The van der Waals surface area contributed by atoms with Crippen molar-refractivity contribution in [1.82, 2.24) is 4.98 Å². The van der Waals surface area contributed by atoms with Crippen LogP contribution in [0.3, 0.4) is 0 Å². The molecule has 0 aliphatic carbocycles. The first-order chi connectivity index (χ1) is 14.9. The molecule has 0 radical (unpaired) electrons. The average Bonchev–Trinajstić information content (AvgIpc) is 3.42. The van der Waals surface area contributed by atoms with Gasteiger partial charge in [0.05, 0.1) is 34.4 Å². The SMILES string of the molecule is COc1ccc(Cl)c2sc(N(CC3CCCO3)C(=O)c3cccc([N+](=O)[O-])c3C)nc12. The normalized spacial score (nSPS) is 15.9. The van der Waals surface area contributed by atoms with Crippen molar-refractivity contribution >= 4 is 49.9 Å². The van der Waals surface area contributed by atoms with Gasteiger partial charge in [-0.2, -0.15) is 0 Å². The quantitative estimate of drug-likeness (QED) is 0.378. The van der Waals surface area contributed by atoms with Crippen LogP contribution in [0.25, 0.3) is 10.2 Å². The fourth-order valence-corrected chi connectivity index (χ4v) is 4.92. The van der Waals surface area contributed by atoms with Gasteiger partial charge in [-0.1, -0.05) is 29.0 Å². The average molecular weight is 462 g/mol. The monoisotopic (exact) mass is 461 g/mol. The van der Waals surface area contributed by atoms with E-state index in [1.54, 1.807) is 32.2 Å². The van der Waals surface area contributed by atoms with Crippen molar-refractivity contribution in [3.8, 4) is 5.75 Å². The third kappa shape index (κ3) is 4.08. The molecule has 1 aromatic heterocycles. The van der Waals surface area contributed by atoms with E-state index in [0.29, 0.717) is 44.8 Å². The molecule has 10 heteroatoms. The van der Waals surface area contributed by atoms with Gasteiger partial charge in [0.25, 0.3) is 11.6 Å². The van der Waals surface area contributed by atoms with E-state index in [9.17, 15) is 14.9 Å². The molecule has 0 saturated carbocycles. The summed E-state index contributed by atoms with van der Waals surface area (Å²) in [6, 6.07) is 7.94. The van der Waals surface area contributed by atoms with Crippen molar-refractivity contribution in [2.45, 2.75) is 25.9 Å². The zero-order chi connectivity index (χ0) is 22.1. The Hall–Kier alpha value is -2.75. The second-order valence-electron chi connectivity index (χ2n) is 7.18. The van der Waals surface area contributed by atoms with E-state index in [0.717, 1.165) is 12.8 Å². The Bertz CT molecular complexity index is 1160. The van der Waals surface area contributed by atoms with Crippen LogP contribution in [-0.2, 0) is 4.74 Å². The lowest BCUT2D eigenvalue weighted by Crippen LogP contribution is -2.37. The van der Waals surface area contributed by atoms with Crippen LogP contribution >= 0.6 is 22.9 Å². The van der Waals surface area contributed by atoms with E-state index in [1.165, 1.54) is 28.4 Å². The lowest BCUT2D eigenvalue weighted by atomic mass is 10.1. The maximum Gasteiger partial charge on any atom is 0.273 e. The number of amides is 1. The number of thiazole rings is 1. The maximum absolute atomic E-state index is 13.6. The number of nitro benzene ring substituents is 1. The van der Waals surface area contributed by atoms with Gasteiger partial charge in [-0.15, -0.1) is 0 Å². The molecule has 0 N–H and O–H groups in total. The highest BCUT2D eigenvalue weighted by Crippen LogP contribution is 2.39. The zero-order valence-corrected chi connectivity index (χ0v) is 18.5. The Labute approximate surface area is 187 Å². The molecule has 8 nitrogen and oxygen atoms in total. The van der Waals surface area contributed by atoms with Crippen molar-refractivity contribution in [2.75, 3.05) is 25.2 Å². The Balaban J connectivity index is 1.81. The fourth-order valence-electron chi connectivity index (χ4n) is 3.66. The number of carbonyl (C=O) groups is 1. The predicted octanol–water partition coefficient (Wildman–Crippen LogP) is 5.00. The molecule has 4 rings (SSSR count). The van der Waals surface area contributed by atoms with Crippen LogP contribution in [0, 0.1) is 17.0 Å². The fraction of sp³-hybridized carbons (Fsp3) is 0.333. The molecule has 1 atom stereocenters.